The monoisotopic (exact) mass is 469 g/mol. The van der Waals surface area contributed by atoms with Gasteiger partial charge >= 0.3 is 0 Å². The van der Waals surface area contributed by atoms with Crippen molar-refractivity contribution in [3.63, 3.8) is 0 Å². The van der Waals surface area contributed by atoms with E-state index in [9.17, 15) is 13.2 Å². The lowest BCUT2D eigenvalue weighted by Crippen LogP contribution is -2.58. The maximum absolute atomic E-state index is 12.9. The van der Waals surface area contributed by atoms with E-state index in [-0.39, 0.29) is 35.1 Å². The Bertz CT molecular complexity index is 1270. The van der Waals surface area contributed by atoms with Crippen LogP contribution in [-0.2, 0) is 14.6 Å². The van der Waals surface area contributed by atoms with Crippen LogP contribution in [-0.4, -0.2) is 60.1 Å². The number of fused-ring (bicyclic) bond motifs is 1. The molecule has 0 spiro atoms. The highest BCUT2D eigenvalue weighted by Crippen LogP contribution is 2.28. The lowest BCUT2D eigenvalue weighted by atomic mass is 10.1. The van der Waals surface area contributed by atoms with E-state index in [1.807, 2.05) is 19.9 Å². The van der Waals surface area contributed by atoms with Gasteiger partial charge in [0.05, 0.1) is 31.9 Å². The zero-order valence-electron chi connectivity index (χ0n) is 17.8. The number of hydrogen-bond donors (Lipinski definition) is 0. The Morgan fingerprint density at radius 1 is 1.19 bits per heavy atom. The van der Waals surface area contributed by atoms with Crippen molar-refractivity contribution >= 4 is 43.1 Å². The molecule has 3 aromatic rings. The molecule has 1 aromatic carbocycles. The zero-order chi connectivity index (χ0) is 22.9. The number of nitrogens with zero attached hydrogens (tertiary/aromatic N) is 5. The highest BCUT2D eigenvalue weighted by molar-refractivity contribution is 7.91. The van der Waals surface area contributed by atoms with Crippen molar-refractivity contribution in [3.8, 4) is 6.07 Å². The summed E-state index contributed by atoms with van der Waals surface area (Å²) in [5, 5.41) is 8.97. The van der Waals surface area contributed by atoms with Crippen LogP contribution in [0.4, 0.5) is 5.82 Å². The molecule has 1 aliphatic heterocycles. The molecule has 0 radical (unpaired) electrons. The maximum atomic E-state index is 12.9. The van der Waals surface area contributed by atoms with Gasteiger partial charge in [0, 0.05) is 37.8 Å². The van der Waals surface area contributed by atoms with Gasteiger partial charge in [0.2, 0.25) is 5.91 Å². The average Bonchev–Trinajstić information content (AvgIpc) is 3.26. The first kappa shape index (κ1) is 22.2. The van der Waals surface area contributed by atoms with E-state index in [4.69, 9.17) is 5.26 Å². The van der Waals surface area contributed by atoms with Gasteiger partial charge in [-0.25, -0.2) is 18.4 Å². The van der Waals surface area contributed by atoms with E-state index in [0.29, 0.717) is 28.9 Å². The van der Waals surface area contributed by atoms with Gasteiger partial charge in [-0.1, -0.05) is 6.07 Å². The number of nitriles is 1. The lowest BCUT2D eigenvalue weighted by Gasteiger charge is -2.45. The summed E-state index contributed by atoms with van der Waals surface area (Å²) < 4.78 is 26.5. The second-order valence-electron chi connectivity index (χ2n) is 7.95. The smallest absolute Gasteiger partial charge is 0.223 e. The third kappa shape index (κ3) is 4.31. The predicted molar refractivity (Wildman–Crippen MR) is 123 cm³/mol. The number of carbonyl (C=O) groups excluding carboxylic acids is 1. The molecule has 1 saturated heterocycles. The Hall–Kier alpha value is -3.03. The van der Waals surface area contributed by atoms with Gasteiger partial charge in [-0.2, -0.15) is 5.26 Å². The normalized spacial score (nSPS) is 19.2. The Labute approximate surface area is 191 Å². The number of amides is 1. The molecule has 1 fully saturated rings. The molecule has 2 unspecified atom stereocenters. The number of rotatable bonds is 5. The Balaban J connectivity index is 1.42. The van der Waals surface area contributed by atoms with Gasteiger partial charge in [-0.3, -0.25) is 4.79 Å². The minimum absolute atomic E-state index is 0.00526. The largest absolute Gasteiger partial charge is 0.348 e. The number of sulfone groups is 1. The maximum Gasteiger partial charge on any atom is 0.223 e. The SMILES string of the molecule is CC1CN(C(=O)CCS(=O)(=O)c2cccc3ncsc23)CC(C)N1c1ccc(C#N)cn1. The summed E-state index contributed by atoms with van der Waals surface area (Å²) in [6, 6.07) is 10.7. The minimum Gasteiger partial charge on any atom is -0.348 e. The van der Waals surface area contributed by atoms with Gasteiger partial charge in [0.25, 0.3) is 0 Å². The molecule has 0 bridgehead atoms. The summed E-state index contributed by atoms with van der Waals surface area (Å²) in [4.78, 5) is 25.6. The lowest BCUT2D eigenvalue weighted by molar-refractivity contribution is -0.132. The molecule has 1 amide bonds. The van der Waals surface area contributed by atoms with Gasteiger partial charge in [-0.05, 0) is 38.1 Å². The van der Waals surface area contributed by atoms with Crippen molar-refractivity contribution in [1.82, 2.24) is 14.9 Å². The summed E-state index contributed by atoms with van der Waals surface area (Å²) in [5.74, 6) is 0.357. The molecule has 2 aromatic heterocycles. The van der Waals surface area contributed by atoms with Crippen molar-refractivity contribution < 1.29 is 13.2 Å². The number of pyridine rings is 1. The molecular weight excluding hydrogens is 446 g/mol. The molecule has 10 heteroatoms. The van der Waals surface area contributed by atoms with Crippen LogP contribution < -0.4 is 4.90 Å². The molecular formula is C22H23N5O3S2. The topological polar surface area (TPSA) is 107 Å². The van der Waals surface area contributed by atoms with Gasteiger partial charge in [0.1, 0.15) is 11.9 Å². The van der Waals surface area contributed by atoms with Crippen LogP contribution in [0.15, 0.2) is 46.9 Å². The standard InChI is InChI=1S/C22H23N5O3S2/c1-15-12-26(13-16(2)27(15)20-7-6-17(10-23)11-24-20)21(28)8-9-32(29,30)19-5-3-4-18-22(19)31-14-25-18/h3-7,11,14-16H,8-9,12-13H2,1-2H3. The predicted octanol–water partition coefficient (Wildman–Crippen LogP) is 2.85. The molecule has 4 rings (SSSR count). The molecule has 0 N–H and O–H groups in total. The van der Waals surface area contributed by atoms with Crippen LogP contribution in [0.2, 0.25) is 0 Å². The first-order valence-electron chi connectivity index (χ1n) is 10.3. The molecule has 0 aliphatic carbocycles. The van der Waals surface area contributed by atoms with Gasteiger partial charge in [-0.15, -0.1) is 11.3 Å². The molecule has 2 atom stereocenters. The second kappa shape index (κ2) is 8.84. The fraction of sp³-hybridized carbons (Fsp3) is 0.364. The van der Waals surface area contributed by atoms with Crippen LogP contribution in [0.3, 0.4) is 0 Å². The number of anilines is 1. The van der Waals surface area contributed by atoms with E-state index in [1.165, 1.54) is 11.3 Å². The van der Waals surface area contributed by atoms with Crippen molar-refractivity contribution in [2.45, 2.75) is 37.2 Å². The van der Waals surface area contributed by atoms with E-state index in [0.717, 1.165) is 5.82 Å². The molecule has 32 heavy (non-hydrogen) atoms. The molecule has 8 nitrogen and oxygen atoms in total. The van der Waals surface area contributed by atoms with E-state index in [1.54, 1.807) is 40.9 Å². The van der Waals surface area contributed by atoms with Crippen molar-refractivity contribution in [1.29, 1.82) is 5.26 Å². The molecule has 1 aliphatic rings. The highest BCUT2D eigenvalue weighted by atomic mass is 32.2. The van der Waals surface area contributed by atoms with Crippen LogP contribution in [0.5, 0.6) is 0 Å². The fourth-order valence-electron chi connectivity index (χ4n) is 4.18. The van der Waals surface area contributed by atoms with Crippen molar-refractivity contribution in [2.75, 3.05) is 23.7 Å². The molecule has 0 saturated carbocycles. The Morgan fingerprint density at radius 3 is 2.59 bits per heavy atom. The summed E-state index contributed by atoms with van der Waals surface area (Å²) in [6.07, 6.45) is 1.48. The average molecular weight is 470 g/mol. The summed E-state index contributed by atoms with van der Waals surface area (Å²) in [5.41, 5.74) is 2.77. The summed E-state index contributed by atoms with van der Waals surface area (Å²) in [7, 11) is -3.60. The molecule has 3 heterocycles. The van der Waals surface area contributed by atoms with E-state index >= 15 is 0 Å². The first-order chi connectivity index (χ1) is 15.3. The van der Waals surface area contributed by atoms with Crippen molar-refractivity contribution in [3.05, 3.63) is 47.6 Å². The number of aromatic nitrogens is 2. The van der Waals surface area contributed by atoms with E-state index < -0.39 is 9.84 Å². The number of benzene rings is 1. The van der Waals surface area contributed by atoms with Crippen molar-refractivity contribution in [2.24, 2.45) is 0 Å². The Kier molecular flexibility index (Phi) is 6.13. The van der Waals surface area contributed by atoms with Crippen LogP contribution >= 0.6 is 11.3 Å². The quantitative estimate of drug-likeness (QED) is 0.565. The number of carbonyl (C=O) groups is 1. The first-order valence-corrected chi connectivity index (χ1v) is 12.8. The summed E-state index contributed by atoms with van der Waals surface area (Å²) >= 11 is 1.29. The zero-order valence-corrected chi connectivity index (χ0v) is 19.4. The third-order valence-electron chi connectivity index (χ3n) is 5.65. The third-order valence-corrected chi connectivity index (χ3v) is 8.41. The van der Waals surface area contributed by atoms with Gasteiger partial charge in [0.15, 0.2) is 9.84 Å². The summed E-state index contributed by atoms with van der Waals surface area (Å²) in [6.45, 7) is 4.98. The highest BCUT2D eigenvalue weighted by Gasteiger charge is 2.33. The Morgan fingerprint density at radius 2 is 1.94 bits per heavy atom. The second-order valence-corrected chi connectivity index (χ2v) is 10.9. The van der Waals surface area contributed by atoms with Crippen LogP contribution in [0, 0.1) is 11.3 Å². The van der Waals surface area contributed by atoms with Gasteiger partial charge < -0.3 is 9.80 Å². The van der Waals surface area contributed by atoms with Crippen LogP contribution in [0.1, 0.15) is 25.8 Å². The van der Waals surface area contributed by atoms with Crippen LogP contribution in [0.25, 0.3) is 10.2 Å². The van der Waals surface area contributed by atoms with E-state index in [2.05, 4.69) is 20.9 Å². The fourth-order valence-corrected chi connectivity index (χ4v) is 6.74. The minimum atomic E-state index is -3.60. The number of hydrogen-bond acceptors (Lipinski definition) is 8. The number of piperazine rings is 1. The molecule has 166 valence electrons. The number of thiazole rings is 1.